The van der Waals surface area contributed by atoms with Gasteiger partial charge in [0.2, 0.25) is 0 Å². The molecule has 0 rings (SSSR count). The van der Waals surface area contributed by atoms with E-state index in [0.29, 0.717) is 19.3 Å². The molecular weight excluding hydrogens is 961 g/mol. The number of esters is 3. The van der Waals surface area contributed by atoms with Crippen LogP contribution in [0.5, 0.6) is 0 Å². The van der Waals surface area contributed by atoms with Gasteiger partial charge < -0.3 is 14.2 Å². The average Bonchev–Trinajstić information content (AvgIpc) is 3.44. The first-order valence-electron chi connectivity index (χ1n) is 32.2. The fourth-order valence-corrected chi connectivity index (χ4v) is 8.67. The summed E-state index contributed by atoms with van der Waals surface area (Å²) in [5.41, 5.74) is 0. The number of hydrogen-bond donors (Lipinski definition) is 0. The molecule has 0 aromatic rings. The van der Waals surface area contributed by atoms with Gasteiger partial charge in [0.15, 0.2) is 6.10 Å². The Labute approximate surface area is 481 Å². The van der Waals surface area contributed by atoms with Crippen LogP contribution >= 0.6 is 0 Å². The summed E-state index contributed by atoms with van der Waals surface area (Å²) in [6.45, 7) is 6.34. The molecule has 0 bridgehead atoms. The monoisotopic (exact) mass is 1080 g/mol. The molecule has 0 N–H and O–H groups in total. The highest BCUT2D eigenvalue weighted by molar-refractivity contribution is 5.71. The number of hydrogen-bond acceptors (Lipinski definition) is 6. The molecule has 0 aliphatic carbocycles. The Balaban J connectivity index is 4.52. The van der Waals surface area contributed by atoms with Gasteiger partial charge in [-0.25, -0.2) is 0 Å². The van der Waals surface area contributed by atoms with E-state index in [1.807, 2.05) is 12.2 Å². The van der Waals surface area contributed by atoms with Crippen molar-refractivity contribution in [3.63, 3.8) is 0 Å². The van der Waals surface area contributed by atoms with Crippen molar-refractivity contribution in [3.05, 3.63) is 134 Å². The normalized spacial score (nSPS) is 13.0. The molecule has 0 heterocycles. The van der Waals surface area contributed by atoms with E-state index in [2.05, 4.69) is 142 Å². The van der Waals surface area contributed by atoms with Crippen molar-refractivity contribution < 1.29 is 28.6 Å². The highest BCUT2D eigenvalue weighted by atomic mass is 16.6. The topological polar surface area (TPSA) is 78.9 Å². The Kier molecular flexibility index (Phi) is 61.4. The lowest BCUT2D eigenvalue weighted by Gasteiger charge is -2.18. The van der Waals surface area contributed by atoms with Crippen LogP contribution in [0.15, 0.2) is 134 Å². The molecule has 1 unspecified atom stereocenters. The molecule has 6 nitrogen and oxygen atoms in total. The molecule has 78 heavy (non-hydrogen) atoms. The third-order valence-corrected chi connectivity index (χ3v) is 13.4. The maximum atomic E-state index is 12.9. The number of carbonyl (C=O) groups is 3. The Morgan fingerprint density at radius 1 is 0.269 bits per heavy atom. The second kappa shape index (κ2) is 65.1. The van der Waals surface area contributed by atoms with Crippen LogP contribution in [0.2, 0.25) is 0 Å². The second-order valence-corrected chi connectivity index (χ2v) is 20.9. The van der Waals surface area contributed by atoms with Crippen LogP contribution in [0.4, 0.5) is 0 Å². The van der Waals surface area contributed by atoms with Gasteiger partial charge in [-0.15, -0.1) is 0 Å². The lowest BCUT2D eigenvalue weighted by atomic mass is 10.0. The molecule has 1 atom stereocenters. The largest absolute Gasteiger partial charge is 0.462 e. The smallest absolute Gasteiger partial charge is 0.306 e. The zero-order chi connectivity index (χ0) is 56.4. The van der Waals surface area contributed by atoms with Crippen LogP contribution in [-0.4, -0.2) is 37.2 Å². The minimum absolute atomic E-state index is 0.121. The van der Waals surface area contributed by atoms with Gasteiger partial charge in [-0.2, -0.15) is 0 Å². The van der Waals surface area contributed by atoms with Gasteiger partial charge in [0.25, 0.3) is 0 Å². The Morgan fingerprint density at radius 2 is 0.526 bits per heavy atom. The minimum Gasteiger partial charge on any atom is -0.462 e. The van der Waals surface area contributed by atoms with Gasteiger partial charge in [0.1, 0.15) is 13.2 Å². The van der Waals surface area contributed by atoms with Crippen molar-refractivity contribution in [1.29, 1.82) is 0 Å². The van der Waals surface area contributed by atoms with Gasteiger partial charge in [-0.05, 0) is 103 Å². The zero-order valence-corrected chi connectivity index (χ0v) is 50.6. The van der Waals surface area contributed by atoms with Gasteiger partial charge in [-0.3, -0.25) is 14.4 Å². The molecule has 0 radical (unpaired) electrons. The third kappa shape index (κ3) is 62.4. The van der Waals surface area contributed by atoms with E-state index in [1.54, 1.807) is 0 Å². The van der Waals surface area contributed by atoms with Crippen molar-refractivity contribution in [1.82, 2.24) is 0 Å². The summed E-state index contributed by atoms with van der Waals surface area (Å²) in [6, 6.07) is 0. The highest BCUT2D eigenvalue weighted by Gasteiger charge is 2.19. The van der Waals surface area contributed by atoms with E-state index in [-0.39, 0.29) is 31.6 Å². The molecule has 0 spiro atoms. The van der Waals surface area contributed by atoms with Crippen molar-refractivity contribution in [2.45, 2.75) is 290 Å². The number of unbranched alkanes of at least 4 members (excludes halogenated alkanes) is 24. The number of ether oxygens (including phenoxy) is 3. The first kappa shape index (κ1) is 73.5. The number of rotatable bonds is 57. The van der Waals surface area contributed by atoms with Gasteiger partial charge in [0, 0.05) is 19.3 Å². The molecule has 0 aliphatic heterocycles. The maximum Gasteiger partial charge on any atom is 0.306 e. The molecule has 0 saturated heterocycles. The quantitative estimate of drug-likeness (QED) is 0.0261. The fourth-order valence-electron chi connectivity index (χ4n) is 8.67. The standard InChI is InChI=1S/C72H118O6/c1-4-7-10-13-16-19-22-25-28-31-34-35-36-39-41-44-47-50-53-56-59-62-65-71(74)77-68-69(78-72(75)66-63-60-57-54-51-48-45-42-38-33-30-27-24-21-18-15-12-9-6-3)67-76-70(73)64-61-58-55-52-49-46-43-40-37-32-29-26-23-20-17-14-11-8-5-2/h8-9,11-12,17-18,20-21,26-27,29-30,37-38,40,42,46,48-49,51,57,60,69H,4-7,10,13-16,19,22-25,28,31-36,39,41,43-45,47,50,52-56,58-59,61-68H2,1-3H3/b11-8-,12-9-,20-17-,21-18-,29-26-,30-27-,40-37-,42-38-,49-46-,51-48-,60-57-. The third-order valence-electron chi connectivity index (χ3n) is 13.4. The van der Waals surface area contributed by atoms with E-state index in [9.17, 15) is 14.4 Å². The molecule has 0 fully saturated rings. The first-order valence-corrected chi connectivity index (χ1v) is 32.2. The highest BCUT2D eigenvalue weighted by Crippen LogP contribution is 2.16. The molecule has 0 saturated carbocycles. The van der Waals surface area contributed by atoms with E-state index in [1.165, 1.54) is 122 Å². The average molecular weight is 1080 g/mol. The molecule has 0 amide bonds. The molecule has 6 heteroatoms. The predicted molar refractivity (Wildman–Crippen MR) is 339 cm³/mol. The SMILES string of the molecule is CC/C=C\C/C=C\C/C=C\C/C=C\C/C=C\C/C=C\CCC(=O)OC(COC(=O)CCCCC/C=C\C/C=C\C/C=C\C/C=C\C/C=C\CC)COC(=O)CCCCCCCCCCCCCCCCCCCCCCCC. The molecule has 442 valence electrons. The van der Waals surface area contributed by atoms with Crippen LogP contribution in [-0.2, 0) is 28.6 Å². The Hall–Kier alpha value is -4.45. The van der Waals surface area contributed by atoms with Crippen LogP contribution in [0, 0.1) is 0 Å². The first-order chi connectivity index (χ1) is 38.5. The Morgan fingerprint density at radius 3 is 0.833 bits per heavy atom. The van der Waals surface area contributed by atoms with E-state index in [0.717, 1.165) is 116 Å². The van der Waals surface area contributed by atoms with Crippen LogP contribution in [0.3, 0.4) is 0 Å². The lowest BCUT2D eigenvalue weighted by Crippen LogP contribution is -2.30. The summed E-state index contributed by atoms with van der Waals surface area (Å²) in [6.07, 6.45) is 91.9. The maximum absolute atomic E-state index is 12.9. The van der Waals surface area contributed by atoms with Crippen LogP contribution in [0.1, 0.15) is 284 Å². The summed E-state index contributed by atoms with van der Waals surface area (Å²) in [4.78, 5) is 38.3. The summed E-state index contributed by atoms with van der Waals surface area (Å²) in [5.74, 6) is -1.03. The Bertz CT molecular complexity index is 1670. The van der Waals surface area contributed by atoms with Crippen molar-refractivity contribution in [2.75, 3.05) is 13.2 Å². The summed E-state index contributed by atoms with van der Waals surface area (Å²) >= 11 is 0. The lowest BCUT2D eigenvalue weighted by molar-refractivity contribution is -0.166. The van der Waals surface area contributed by atoms with E-state index >= 15 is 0 Å². The minimum atomic E-state index is -0.837. The van der Waals surface area contributed by atoms with Crippen LogP contribution < -0.4 is 0 Å². The molecule has 0 aromatic heterocycles. The predicted octanol–water partition coefficient (Wildman–Crippen LogP) is 22.2. The van der Waals surface area contributed by atoms with Gasteiger partial charge in [0.05, 0.1) is 0 Å². The van der Waals surface area contributed by atoms with Crippen molar-refractivity contribution >= 4 is 17.9 Å². The van der Waals surface area contributed by atoms with Crippen LogP contribution in [0.25, 0.3) is 0 Å². The van der Waals surface area contributed by atoms with Crippen molar-refractivity contribution in [3.8, 4) is 0 Å². The van der Waals surface area contributed by atoms with E-state index < -0.39 is 12.1 Å². The van der Waals surface area contributed by atoms with Gasteiger partial charge in [-0.1, -0.05) is 296 Å². The summed E-state index contributed by atoms with van der Waals surface area (Å²) in [7, 11) is 0. The summed E-state index contributed by atoms with van der Waals surface area (Å²) in [5, 5.41) is 0. The summed E-state index contributed by atoms with van der Waals surface area (Å²) < 4.78 is 16.8. The zero-order valence-electron chi connectivity index (χ0n) is 50.6. The number of allylic oxidation sites excluding steroid dienone is 22. The fraction of sp³-hybridized carbons (Fsp3) is 0.653. The second-order valence-electron chi connectivity index (χ2n) is 20.9. The van der Waals surface area contributed by atoms with E-state index in [4.69, 9.17) is 14.2 Å². The van der Waals surface area contributed by atoms with Gasteiger partial charge >= 0.3 is 17.9 Å². The van der Waals surface area contributed by atoms with Crippen molar-refractivity contribution in [2.24, 2.45) is 0 Å². The number of carbonyl (C=O) groups excluding carboxylic acids is 3. The molecule has 0 aromatic carbocycles. The molecular formula is C72H118O6. The molecule has 0 aliphatic rings.